The SMILES string of the molecule is Cc1ccc(Oc2ccc(N3C(=S)N[C@H](c4ccccn4)[C@H]3c3cccn3-c3ccc4ccccc4c3)cc2)cc1. The van der Waals surface area contributed by atoms with Gasteiger partial charge in [-0.15, -0.1) is 0 Å². The van der Waals surface area contributed by atoms with Gasteiger partial charge in [-0.3, -0.25) is 4.98 Å². The van der Waals surface area contributed by atoms with Gasteiger partial charge in [-0.05, 0) is 103 Å². The highest BCUT2D eigenvalue weighted by Gasteiger charge is 2.42. The molecular formula is C35H28N4OS. The molecule has 200 valence electrons. The Morgan fingerprint density at radius 2 is 1.44 bits per heavy atom. The van der Waals surface area contributed by atoms with Crippen LogP contribution in [0.2, 0.25) is 0 Å². The van der Waals surface area contributed by atoms with Crippen LogP contribution < -0.4 is 15.0 Å². The summed E-state index contributed by atoms with van der Waals surface area (Å²) in [4.78, 5) is 6.91. The van der Waals surface area contributed by atoms with Gasteiger partial charge in [0.05, 0.1) is 11.7 Å². The van der Waals surface area contributed by atoms with Crippen molar-refractivity contribution >= 4 is 33.8 Å². The maximum atomic E-state index is 6.10. The number of fused-ring (bicyclic) bond motifs is 1. The lowest BCUT2D eigenvalue weighted by Gasteiger charge is -2.29. The third-order valence-corrected chi connectivity index (χ3v) is 7.88. The number of aromatic nitrogens is 2. The van der Waals surface area contributed by atoms with E-state index < -0.39 is 0 Å². The van der Waals surface area contributed by atoms with E-state index in [4.69, 9.17) is 21.9 Å². The highest BCUT2D eigenvalue weighted by atomic mass is 32.1. The molecule has 6 heteroatoms. The monoisotopic (exact) mass is 552 g/mol. The number of pyridine rings is 1. The summed E-state index contributed by atoms with van der Waals surface area (Å²) in [6, 6.07) is 41.2. The van der Waals surface area contributed by atoms with E-state index in [1.54, 1.807) is 0 Å². The number of hydrogen-bond acceptors (Lipinski definition) is 3. The smallest absolute Gasteiger partial charge is 0.174 e. The number of rotatable bonds is 6. The summed E-state index contributed by atoms with van der Waals surface area (Å²) in [5.41, 5.74) is 5.33. The number of nitrogens with zero attached hydrogens (tertiary/aromatic N) is 3. The van der Waals surface area contributed by atoms with Gasteiger partial charge in [0, 0.05) is 29.5 Å². The van der Waals surface area contributed by atoms with E-state index in [1.165, 1.54) is 16.3 Å². The van der Waals surface area contributed by atoms with E-state index in [9.17, 15) is 0 Å². The van der Waals surface area contributed by atoms with Crippen LogP contribution in [0.15, 0.2) is 134 Å². The van der Waals surface area contributed by atoms with Crippen LogP contribution in [0.25, 0.3) is 16.5 Å². The van der Waals surface area contributed by atoms with Gasteiger partial charge in [0.2, 0.25) is 0 Å². The predicted octanol–water partition coefficient (Wildman–Crippen LogP) is 8.30. The van der Waals surface area contributed by atoms with Gasteiger partial charge in [0.25, 0.3) is 0 Å². The minimum absolute atomic E-state index is 0.136. The molecule has 1 N–H and O–H groups in total. The normalized spacial score (nSPS) is 16.6. The molecule has 1 aliphatic heterocycles. The number of ether oxygens (including phenoxy) is 1. The quantitative estimate of drug-likeness (QED) is 0.211. The van der Waals surface area contributed by atoms with E-state index in [1.807, 2.05) is 54.7 Å². The molecule has 0 radical (unpaired) electrons. The summed E-state index contributed by atoms with van der Waals surface area (Å²) in [6.07, 6.45) is 3.95. The zero-order valence-electron chi connectivity index (χ0n) is 22.5. The van der Waals surface area contributed by atoms with E-state index in [2.05, 4.69) is 101 Å². The lowest BCUT2D eigenvalue weighted by atomic mass is 10.0. The van der Waals surface area contributed by atoms with Crippen LogP contribution in [-0.4, -0.2) is 14.7 Å². The van der Waals surface area contributed by atoms with Crippen LogP contribution in [0.5, 0.6) is 11.5 Å². The Balaban J connectivity index is 1.28. The van der Waals surface area contributed by atoms with Crippen LogP contribution >= 0.6 is 12.2 Å². The molecule has 0 unspecified atom stereocenters. The molecule has 0 amide bonds. The number of nitrogens with one attached hydrogen (secondary N) is 1. The largest absolute Gasteiger partial charge is 0.457 e. The first-order chi connectivity index (χ1) is 20.1. The van der Waals surface area contributed by atoms with Gasteiger partial charge >= 0.3 is 0 Å². The number of benzene rings is 4. The number of hydrogen-bond donors (Lipinski definition) is 1. The second kappa shape index (κ2) is 10.6. The molecule has 6 aromatic rings. The summed E-state index contributed by atoms with van der Waals surface area (Å²) in [5, 5.41) is 6.65. The van der Waals surface area contributed by atoms with Crippen LogP contribution in [-0.2, 0) is 0 Å². The minimum Gasteiger partial charge on any atom is -0.457 e. The fraction of sp³-hybridized carbons (Fsp3) is 0.0857. The van der Waals surface area contributed by atoms with Gasteiger partial charge in [-0.1, -0.05) is 54.1 Å². The Labute approximate surface area is 244 Å². The van der Waals surface area contributed by atoms with Crippen molar-refractivity contribution in [2.24, 2.45) is 0 Å². The number of thiocarbonyl (C=S) groups is 1. The van der Waals surface area contributed by atoms with Gasteiger partial charge in [-0.2, -0.15) is 0 Å². The third-order valence-electron chi connectivity index (χ3n) is 7.56. The third kappa shape index (κ3) is 4.83. The predicted molar refractivity (Wildman–Crippen MR) is 169 cm³/mol. The second-order valence-electron chi connectivity index (χ2n) is 10.2. The lowest BCUT2D eigenvalue weighted by Crippen LogP contribution is -2.30. The first-order valence-corrected chi connectivity index (χ1v) is 14.1. The maximum absolute atomic E-state index is 6.10. The number of anilines is 1. The van der Waals surface area contributed by atoms with E-state index >= 15 is 0 Å². The van der Waals surface area contributed by atoms with Gasteiger partial charge in [-0.25, -0.2) is 0 Å². The summed E-state index contributed by atoms with van der Waals surface area (Å²) in [5.74, 6) is 1.58. The van der Waals surface area contributed by atoms with Crippen LogP contribution in [0.4, 0.5) is 5.69 Å². The molecule has 41 heavy (non-hydrogen) atoms. The Kier molecular flexibility index (Phi) is 6.45. The first-order valence-electron chi connectivity index (χ1n) is 13.7. The van der Waals surface area contributed by atoms with Crippen molar-refractivity contribution in [2.75, 3.05) is 4.90 Å². The highest BCUT2D eigenvalue weighted by molar-refractivity contribution is 7.80. The van der Waals surface area contributed by atoms with Crippen LogP contribution in [0.3, 0.4) is 0 Å². The van der Waals surface area contributed by atoms with Gasteiger partial charge < -0.3 is 19.5 Å². The second-order valence-corrected chi connectivity index (χ2v) is 10.6. The standard InChI is InChI=1S/C35H28N4OS/c1-24-11-17-29(18-12-24)40-30-19-15-27(16-20-30)39-34(33(37-35(39)41)31-9-4-5-21-36-31)32-10-6-22-38(32)28-14-13-25-7-2-3-8-26(25)23-28/h2-23,33-34H,1H3,(H,37,41)/t33-,34-/m1/s1. The molecule has 2 aromatic heterocycles. The van der Waals surface area contributed by atoms with Crippen LogP contribution in [0, 0.1) is 6.92 Å². The summed E-state index contributed by atoms with van der Waals surface area (Å²) >= 11 is 5.97. The molecule has 1 aliphatic rings. The van der Waals surface area contributed by atoms with Gasteiger partial charge in [0.15, 0.2) is 5.11 Å². The van der Waals surface area contributed by atoms with Crippen molar-refractivity contribution in [1.29, 1.82) is 0 Å². The molecule has 1 saturated heterocycles. The number of aryl methyl sites for hydroxylation is 1. The van der Waals surface area contributed by atoms with Gasteiger partial charge in [0.1, 0.15) is 17.5 Å². The van der Waals surface area contributed by atoms with Crippen molar-refractivity contribution in [3.8, 4) is 17.2 Å². The molecule has 5 nitrogen and oxygen atoms in total. The zero-order valence-corrected chi connectivity index (χ0v) is 23.3. The Hall–Kier alpha value is -4.94. The van der Waals surface area contributed by atoms with Crippen molar-refractivity contribution < 1.29 is 4.74 Å². The fourth-order valence-corrected chi connectivity index (χ4v) is 5.89. The van der Waals surface area contributed by atoms with E-state index in [0.29, 0.717) is 5.11 Å². The summed E-state index contributed by atoms with van der Waals surface area (Å²) < 4.78 is 8.35. The van der Waals surface area contributed by atoms with Crippen LogP contribution in [0.1, 0.15) is 29.0 Å². The van der Waals surface area contributed by atoms with Crippen molar-refractivity contribution in [1.82, 2.24) is 14.9 Å². The van der Waals surface area contributed by atoms with Crippen molar-refractivity contribution in [2.45, 2.75) is 19.0 Å². The van der Waals surface area contributed by atoms with Crippen molar-refractivity contribution in [3.63, 3.8) is 0 Å². The minimum atomic E-state index is -0.138. The van der Waals surface area contributed by atoms with E-state index in [-0.39, 0.29) is 12.1 Å². The Morgan fingerprint density at radius 3 is 2.20 bits per heavy atom. The Morgan fingerprint density at radius 1 is 0.732 bits per heavy atom. The summed E-state index contributed by atoms with van der Waals surface area (Å²) in [6.45, 7) is 2.07. The molecule has 4 aromatic carbocycles. The van der Waals surface area contributed by atoms with Crippen molar-refractivity contribution in [3.05, 3.63) is 151 Å². The molecule has 0 bridgehead atoms. The molecule has 0 spiro atoms. The maximum Gasteiger partial charge on any atom is 0.174 e. The molecule has 2 atom stereocenters. The lowest BCUT2D eigenvalue weighted by molar-refractivity contribution is 0.482. The average molecular weight is 553 g/mol. The summed E-state index contributed by atoms with van der Waals surface area (Å²) in [7, 11) is 0. The highest BCUT2D eigenvalue weighted by Crippen LogP contribution is 2.43. The molecule has 0 saturated carbocycles. The Bertz CT molecular complexity index is 1830. The molecule has 0 aliphatic carbocycles. The average Bonchev–Trinajstić information content (AvgIpc) is 3.63. The molecule has 7 rings (SSSR count). The zero-order chi connectivity index (χ0) is 27.8. The topological polar surface area (TPSA) is 42.3 Å². The molecular weight excluding hydrogens is 524 g/mol. The van der Waals surface area contributed by atoms with E-state index in [0.717, 1.165) is 34.3 Å². The fourth-order valence-electron chi connectivity index (χ4n) is 5.55. The molecule has 3 heterocycles. The first kappa shape index (κ1) is 25.1. The molecule has 1 fully saturated rings.